The third-order valence-corrected chi connectivity index (χ3v) is 5.15. The van der Waals surface area contributed by atoms with E-state index in [4.69, 9.17) is 23.2 Å². The SMILES string of the molecule is CC(NC(=O)C1CC1C(=O)Nc1cccc(Cl)c1Cl)c1ccccc1. The molecule has 2 aromatic rings. The Morgan fingerprint density at radius 2 is 1.68 bits per heavy atom. The fraction of sp³-hybridized carbons (Fsp3) is 0.263. The molecule has 0 bridgehead atoms. The molecule has 1 saturated carbocycles. The van der Waals surface area contributed by atoms with Gasteiger partial charge in [0, 0.05) is 0 Å². The van der Waals surface area contributed by atoms with E-state index in [0.29, 0.717) is 22.2 Å². The lowest BCUT2D eigenvalue weighted by atomic mass is 10.1. The quantitative estimate of drug-likeness (QED) is 0.809. The molecule has 0 spiro atoms. The average molecular weight is 377 g/mol. The molecule has 0 saturated heterocycles. The number of hydrogen-bond acceptors (Lipinski definition) is 2. The standard InChI is InChI=1S/C19H18Cl2N2O2/c1-11(12-6-3-2-4-7-12)22-18(24)13-10-14(13)19(25)23-16-9-5-8-15(20)17(16)21/h2-9,11,13-14H,10H2,1H3,(H,22,24)(H,23,25). The molecule has 0 aromatic heterocycles. The molecule has 3 atom stereocenters. The van der Waals surface area contributed by atoms with Gasteiger partial charge in [-0.15, -0.1) is 0 Å². The van der Waals surface area contributed by atoms with Gasteiger partial charge in [-0.1, -0.05) is 59.6 Å². The summed E-state index contributed by atoms with van der Waals surface area (Å²) >= 11 is 12.0. The number of benzene rings is 2. The summed E-state index contributed by atoms with van der Waals surface area (Å²) in [7, 11) is 0. The summed E-state index contributed by atoms with van der Waals surface area (Å²) in [5.74, 6) is -0.951. The molecule has 0 radical (unpaired) electrons. The predicted octanol–water partition coefficient (Wildman–Crippen LogP) is 4.45. The topological polar surface area (TPSA) is 58.2 Å². The Bertz CT molecular complexity index is 795. The van der Waals surface area contributed by atoms with Crippen LogP contribution in [0.15, 0.2) is 48.5 Å². The molecule has 3 unspecified atom stereocenters. The minimum absolute atomic E-state index is 0.0969. The third-order valence-electron chi connectivity index (χ3n) is 4.33. The van der Waals surface area contributed by atoms with Gasteiger partial charge in [0.05, 0.1) is 33.6 Å². The number of halogens is 2. The second kappa shape index (κ2) is 7.46. The minimum atomic E-state index is -0.335. The van der Waals surface area contributed by atoms with E-state index >= 15 is 0 Å². The molecule has 6 heteroatoms. The van der Waals surface area contributed by atoms with Crippen molar-refractivity contribution >= 4 is 40.7 Å². The second-order valence-electron chi connectivity index (χ2n) is 6.18. The first-order valence-corrected chi connectivity index (χ1v) is 8.83. The van der Waals surface area contributed by atoms with Crippen LogP contribution in [0.3, 0.4) is 0 Å². The number of carbonyl (C=O) groups is 2. The van der Waals surface area contributed by atoms with E-state index < -0.39 is 0 Å². The summed E-state index contributed by atoms with van der Waals surface area (Å²) < 4.78 is 0. The second-order valence-corrected chi connectivity index (χ2v) is 6.97. The van der Waals surface area contributed by atoms with Crippen molar-refractivity contribution in [2.24, 2.45) is 11.8 Å². The first-order chi connectivity index (χ1) is 12.0. The van der Waals surface area contributed by atoms with Crippen molar-refractivity contribution < 1.29 is 9.59 Å². The molecule has 1 fully saturated rings. The van der Waals surface area contributed by atoms with Crippen molar-refractivity contribution in [1.29, 1.82) is 0 Å². The molecule has 1 aliphatic rings. The largest absolute Gasteiger partial charge is 0.349 e. The highest BCUT2D eigenvalue weighted by Crippen LogP contribution is 2.40. The van der Waals surface area contributed by atoms with Gasteiger partial charge in [-0.3, -0.25) is 9.59 Å². The van der Waals surface area contributed by atoms with Crippen molar-refractivity contribution in [2.45, 2.75) is 19.4 Å². The monoisotopic (exact) mass is 376 g/mol. The Morgan fingerprint density at radius 3 is 2.40 bits per heavy atom. The zero-order chi connectivity index (χ0) is 18.0. The molecule has 4 nitrogen and oxygen atoms in total. The first kappa shape index (κ1) is 17.8. The van der Waals surface area contributed by atoms with Crippen LogP contribution in [0.1, 0.15) is 24.9 Å². The summed E-state index contributed by atoms with van der Waals surface area (Å²) in [4.78, 5) is 24.7. The summed E-state index contributed by atoms with van der Waals surface area (Å²) in [6, 6.07) is 14.7. The van der Waals surface area contributed by atoms with Gasteiger partial charge in [0.15, 0.2) is 0 Å². The number of nitrogens with one attached hydrogen (secondary N) is 2. The molecular formula is C19H18Cl2N2O2. The van der Waals surface area contributed by atoms with E-state index in [2.05, 4.69) is 10.6 Å². The van der Waals surface area contributed by atoms with Gasteiger partial charge in [-0.2, -0.15) is 0 Å². The highest BCUT2D eigenvalue weighted by atomic mass is 35.5. The van der Waals surface area contributed by atoms with E-state index in [9.17, 15) is 9.59 Å². The van der Waals surface area contributed by atoms with Gasteiger partial charge in [0.2, 0.25) is 11.8 Å². The zero-order valence-electron chi connectivity index (χ0n) is 13.6. The summed E-state index contributed by atoms with van der Waals surface area (Å²) in [5.41, 5.74) is 1.49. The molecule has 3 rings (SSSR count). The molecule has 2 amide bonds. The summed E-state index contributed by atoms with van der Waals surface area (Å²) in [5, 5.41) is 6.39. The lowest BCUT2D eigenvalue weighted by Gasteiger charge is -2.14. The van der Waals surface area contributed by atoms with E-state index in [0.717, 1.165) is 5.56 Å². The number of anilines is 1. The van der Waals surface area contributed by atoms with Crippen LogP contribution in [0.5, 0.6) is 0 Å². The normalized spacial score (nSPS) is 19.8. The van der Waals surface area contributed by atoms with Gasteiger partial charge in [-0.25, -0.2) is 0 Å². The molecule has 130 valence electrons. The van der Waals surface area contributed by atoms with E-state index in [1.165, 1.54) is 0 Å². The van der Waals surface area contributed by atoms with Crippen LogP contribution in [0.25, 0.3) is 0 Å². The lowest BCUT2D eigenvalue weighted by Crippen LogP contribution is -2.29. The maximum atomic E-state index is 12.3. The Labute approximate surface area is 156 Å². The van der Waals surface area contributed by atoms with Crippen LogP contribution < -0.4 is 10.6 Å². The van der Waals surface area contributed by atoms with Crippen molar-refractivity contribution in [3.8, 4) is 0 Å². The third kappa shape index (κ3) is 4.14. The van der Waals surface area contributed by atoms with Gasteiger partial charge in [-0.05, 0) is 31.0 Å². The number of hydrogen-bond donors (Lipinski definition) is 2. The highest BCUT2D eigenvalue weighted by molar-refractivity contribution is 6.44. The van der Waals surface area contributed by atoms with Crippen LogP contribution in [0.2, 0.25) is 10.0 Å². The fourth-order valence-electron chi connectivity index (χ4n) is 2.75. The Morgan fingerprint density at radius 1 is 1.00 bits per heavy atom. The maximum Gasteiger partial charge on any atom is 0.228 e. The summed E-state index contributed by atoms with van der Waals surface area (Å²) in [6.45, 7) is 1.93. The maximum absolute atomic E-state index is 12.3. The number of carbonyl (C=O) groups excluding carboxylic acids is 2. The Hall–Kier alpha value is -2.04. The van der Waals surface area contributed by atoms with E-state index in [1.807, 2.05) is 37.3 Å². The van der Waals surface area contributed by atoms with Gasteiger partial charge in [0.25, 0.3) is 0 Å². The van der Waals surface area contributed by atoms with Crippen LogP contribution >= 0.6 is 23.2 Å². The first-order valence-electron chi connectivity index (χ1n) is 8.07. The molecule has 1 aliphatic carbocycles. The molecule has 25 heavy (non-hydrogen) atoms. The zero-order valence-corrected chi connectivity index (χ0v) is 15.1. The minimum Gasteiger partial charge on any atom is -0.349 e. The lowest BCUT2D eigenvalue weighted by molar-refractivity contribution is -0.125. The van der Waals surface area contributed by atoms with Crippen LogP contribution in [0.4, 0.5) is 5.69 Å². The van der Waals surface area contributed by atoms with Crippen LogP contribution in [0, 0.1) is 11.8 Å². The van der Waals surface area contributed by atoms with Gasteiger partial charge >= 0.3 is 0 Å². The Kier molecular flexibility index (Phi) is 5.30. The molecule has 2 aromatic carbocycles. The fourth-order valence-corrected chi connectivity index (χ4v) is 3.09. The molecule has 2 N–H and O–H groups in total. The van der Waals surface area contributed by atoms with Crippen molar-refractivity contribution in [2.75, 3.05) is 5.32 Å². The van der Waals surface area contributed by atoms with Gasteiger partial charge in [0.1, 0.15) is 0 Å². The van der Waals surface area contributed by atoms with Crippen LogP contribution in [-0.4, -0.2) is 11.8 Å². The molecule has 0 heterocycles. The number of amides is 2. The molecule has 0 aliphatic heterocycles. The van der Waals surface area contributed by atoms with E-state index in [1.54, 1.807) is 18.2 Å². The number of rotatable bonds is 5. The van der Waals surface area contributed by atoms with Crippen LogP contribution in [-0.2, 0) is 9.59 Å². The van der Waals surface area contributed by atoms with E-state index in [-0.39, 0.29) is 29.7 Å². The Balaban J connectivity index is 1.56. The van der Waals surface area contributed by atoms with Crippen molar-refractivity contribution in [3.63, 3.8) is 0 Å². The van der Waals surface area contributed by atoms with Crippen molar-refractivity contribution in [3.05, 3.63) is 64.1 Å². The smallest absolute Gasteiger partial charge is 0.228 e. The average Bonchev–Trinajstić information content (AvgIpc) is 3.40. The van der Waals surface area contributed by atoms with Gasteiger partial charge < -0.3 is 10.6 Å². The predicted molar refractivity (Wildman–Crippen MR) is 99.7 cm³/mol. The molecular weight excluding hydrogens is 359 g/mol. The summed E-state index contributed by atoms with van der Waals surface area (Å²) in [6.07, 6.45) is 0.539. The van der Waals surface area contributed by atoms with Crippen molar-refractivity contribution in [1.82, 2.24) is 5.32 Å². The highest BCUT2D eigenvalue weighted by Gasteiger charge is 2.48.